The molecule has 1 saturated heterocycles. The largest absolute Gasteiger partial charge is 0.496 e. The molecule has 0 saturated carbocycles. The Bertz CT molecular complexity index is 1330. The summed E-state index contributed by atoms with van der Waals surface area (Å²) in [6.07, 6.45) is 4.51. The zero-order valence-corrected chi connectivity index (χ0v) is 20.5. The van der Waals surface area contributed by atoms with Crippen LogP contribution in [-0.2, 0) is 26.6 Å². The molecule has 9 heteroatoms. The first-order valence-electron chi connectivity index (χ1n) is 11.8. The van der Waals surface area contributed by atoms with Crippen LogP contribution in [0.25, 0.3) is 11.2 Å². The van der Waals surface area contributed by atoms with Gasteiger partial charge in [-0.15, -0.1) is 0 Å². The van der Waals surface area contributed by atoms with Crippen molar-refractivity contribution in [3.8, 4) is 5.75 Å². The molecule has 3 aromatic rings. The zero-order chi connectivity index (χ0) is 24.4. The van der Waals surface area contributed by atoms with Crippen LogP contribution in [0.2, 0.25) is 0 Å². The molecular weight excluding hydrogens is 432 g/mol. The second kappa shape index (κ2) is 9.89. The Balaban J connectivity index is 1.84. The molecule has 1 aromatic carbocycles. The predicted octanol–water partition coefficient (Wildman–Crippen LogP) is 2.04. The van der Waals surface area contributed by atoms with E-state index in [0.29, 0.717) is 36.6 Å². The second-order valence-corrected chi connectivity index (χ2v) is 9.18. The molecule has 2 N–H and O–H groups in total. The Morgan fingerprint density at radius 1 is 1.24 bits per heavy atom. The lowest BCUT2D eigenvalue weighted by atomic mass is 10.1. The topological polar surface area (TPSA) is 100 Å². The first kappa shape index (κ1) is 23.8. The summed E-state index contributed by atoms with van der Waals surface area (Å²) in [6, 6.07) is 7.71. The fourth-order valence-electron chi connectivity index (χ4n) is 4.58. The second-order valence-electron chi connectivity index (χ2n) is 9.18. The van der Waals surface area contributed by atoms with Crippen LogP contribution in [0.3, 0.4) is 0 Å². The molecule has 2 aromatic heterocycles. The lowest BCUT2D eigenvalue weighted by Crippen LogP contribution is -2.44. The molecule has 9 nitrogen and oxygen atoms in total. The Labute approximate surface area is 199 Å². The molecule has 1 aliphatic heterocycles. The molecule has 34 heavy (non-hydrogen) atoms. The third-order valence-electron chi connectivity index (χ3n) is 6.43. The predicted molar refractivity (Wildman–Crippen MR) is 135 cm³/mol. The smallest absolute Gasteiger partial charge is 0.332 e. The molecule has 3 heterocycles. The number of anilines is 1. The van der Waals surface area contributed by atoms with Gasteiger partial charge in [-0.2, -0.15) is 4.98 Å². The Kier molecular flexibility index (Phi) is 6.92. The minimum absolute atomic E-state index is 0.0618. The van der Waals surface area contributed by atoms with E-state index in [9.17, 15) is 9.59 Å². The number of para-hydroxylation sites is 1. The molecule has 0 bridgehead atoms. The van der Waals surface area contributed by atoms with E-state index < -0.39 is 0 Å². The Morgan fingerprint density at radius 2 is 2.00 bits per heavy atom. The van der Waals surface area contributed by atoms with Gasteiger partial charge in [0, 0.05) is 39.3 Å². The van der Waals surface area contributed by atoms with E-state index in [1.54, 1.807) is 14.2 Å². The number of ether oxygens (including phenoxy) is 1. The molecular formula is C25H34N6O3. The summed E-state index contributed by atoms with van der Waals surface area (Å²) in [4.78, 5) is 33.8. The molecule has 4 rings (SSSR count). The van der Waals surface area contributed by atoms with E-state index in [2.05, 4.69) is 11.0 Å². The number of nitrogens with zero attached hydrogens (tertiary/aromatic N) is 5. The average Bonchev–Trinajstić information content (AvgIpc) is 3.21. The summed E-state index contributed by atoms with van der Waals surface area (Å²) in [5, 5.41) is 0. The van der Waals surface area contributed by atoms with Gasteiger partial charge in [-0.1, -0.05) is 29.8 Å². The number of aryl methyl sites for hydroxylation is 2. The van der Waals surface area contributed by atoms with Crippen molar-refractivity contribution >= 4 is 17.1 Å². The molecule has 1 aliphatic rings. The summed E-state index contributed by atoms with van der Waals surface area (Å²) in [5.74, 6) is 1.43. The number of rotatable bonds is 7. The van der Waals surface area contributed by atoms with Gasteiger partial charge < -0.3 is 19.9 Å². The van der Waals surface area contributed by atoms with Gasteiger partial charge >= 0.3 is 5.69 Å². The highest BCUT2D eigenvalue weighted by atomic mass is 16.5. The molecule has 1 fully saturated rings. The summed E-state index contributed by atoms with van der Waals surface area (Å²) >= 11 is 0. The lowest BCUT2D eigenvalue weighted by molar-refractivity contribution is 0.408. The normalized spacial score (nSPS) is 16.1. The van der Waals surface area contributed by atoms with Crippen LogP contribution in [0.15, 0.2) is 45.5 Å². The molecule has 0 radical (unpaired) electrons. The van der Waals surface area contributed by atoms with Crippen molar-refractivity contribution in [3.05, 3.63) is 62.3 Å². The van der Waals surface area contributed by atoms with Crippen LogP contribution < -0.4 is 26.6 Å². The van der Waals surface area contributed by atoms with Gasteiger partial charge in [0.2, 0.25) is 5.95 Å². The minimum atomic E-state index is -0.374. The monoisotopic (exact) mass is 466 g/mol. The summed E-state index contributed by atoms with van der Waals surface area (Å²) in [6.45, 7) is 6.29. The third kappa shape index (κ3) is 4.52. The van der Waals surface area contributed by atoms with E-state index in [1.807, 2.05) is 42.7 Å². The van der Waals surface area contributed by atoms with Crippen LogP contribution in [0, 0.1) is 0 Å². The summed E-state index contributed by atoms with van der Waals surface area (Å²) in [5.41, 5.74) is 8.46. The maximum absolute atomic E-state index is 13.7. The molecule has 182 valence electrons. The van der Waals surface area contributed by atoms with Gasteiger partial charge in [0.1, 0.15) is 5.75 Å². The van der Waals surface area contributed by atoms with Gasteiger partial charge in [0.15, 0.2) is 11.2 Å². The van der Waals surface area contributed by atoms with Crippen LogP contribution >= 0.6 is 0 Å². The van der Waals surface area contributed by atoms with Crippen LogP contribution in [-0.4, -0.2) is 44.9 Å². The summed E-state index contributed by atoms with van der Waals surface area (Å²) in [7, 11) is 3.29. The van der Waals surface area contributed by atoms with Crippen LogP contribution in [0.5, 0.6) is 5.75 Å². The van der Waals surface area contributed by atoms with Gasteiger partial charge in [-0.3, -0.25) is 13.9 Å². The van der Waals surface area contributed by atoms with Crippen LogP contribution in [0.1, 0.15) is 32.3 Å². The highest BCUT2D eigenvalue weighted by molar-refractivity contribution is 5.74. The highest BCUT2D eigenvalue weighted by Gasteiger charge is 2.26. The number of benzene rings is 1. The number of allylic oxidation sites excluding steroid dienone is 2. The van der Waals surface area contributed by atoms with Crippen LogP contribution in [0.4, 0.5) is 5.95 Å². The van der Waals surface area contributed by atoms with Crippen molar-refractivity contribution in [2.24, 2.45) is 12.8 Å². The average molecular weight is 467 g/mol. The van der Waals surface area contributed by atoms with Crippen molar-refractivity contribution in [2.75, 3.05) is 25.1 Å². The number of methoxy groups -OCH3 is 1. The highest BCUT2D eigenvalue weighted by Crippen LogP contribution is 2.23. The SMILES string of the molecule is COc1ccccc1CCn1c(=O)c2c(nc(N3CCCC(N)C3)n2CC=C(C)C)n(C)c1=O. The number of aromatic nitrogens is 4. The summed E-state index contributed by atoms with van der Waals surface area (Å²) < 4.78 is 10.2. The standard InChI is InChI=1S/C25H34N6O3/c1-17(2)11-14-30-21-22(27-24(30)29-13-7-9-19(26)16-29)28(3)25(33)31(23(21)32)15-12-18-8-5-6-10-20(18)34-4/h5-6,8,10-11,19H,7,9,12-16,26H2,1-4H3. The molecule has 1 unspecified atom stereocenters. The number of hydrogen-bond acceptors (Lipinski definition) is 6. The fourth-order valence-corrected chi connectivity index (χ4v) is 4.58. The molecule has 0 amide bonds. The quantitative estimate of drug-likeness (QED) is 0.535. The van der Waals surface area contributed by atoms with E-state index >= 15 is 0 Å². The van der Waals surface area contributed by atoms with Crippen molar-refractivity contribution in [2.45, 2.75) is 52.2 Å². The van der Waals surface area contributed by atoms with Crippen molar-refractivity contribution < 1.29 is 4.74 Å². The molecule has 0 spiro atoms. The fraction of sp³-hybridized carbons (Fsp3) is 0.480. The number of fused-ring (bicyclic) bond motifs is 1. The van der Waals surface area contributed by atoms with Gasteiger partial charge in [-0.25, -0.2) is 4.79 Å². The van der Waals surface area contributed by atoms with Crippen molar-refractivity contribution in [1.82, 2.24) is 18.7 Å². The van der Waals surface area contributed by atoms with E-state index in [1.165, 1.54) is 9.13 Å². The van der Waals surface area contributed by atoms with Gasteiger partial charge in [0.25, 0.3) is 5.56 Å². The molecule has 0 aliphatic carbocycles. The first-order valence-corrected chi connectivity index (χ1v) is 11.8. The van der Waals surface area contributed by atoms with Gasteiger partial charge in [0.05, 0.1) is 7.11 Å². The van der Waals surface area contributed by atoms with Crippen molar-refractivity contribution in [3.63, 3.8) is 0 Å². The van der Waals surface area contributed by atoms with E-state index in [0.717, 1.165) is 36.3 Å². The lowest BCUT2D eigenvalue weighted by Gasteiger charge is -2.31. The van der Waals surface area contributed by atoms with Gasteiger partial charge in [-0.05, 0) is 44.7 Å². The Hall–Kier alpha value is -3.33. The zero-order valence-electron chi connectivity index (χ0n) is 20.5. The van der Waals surface area contributed by atoms with E-state index in [4.69, 9.17) is 15.5 Å². The molecule has 1 atom stereocenters. The first-order chi connectivity index (χ1) is 16.3. The number of imidazole rings is 1. The van der Waals surface area contributed by atoms with Crippen molar-refractivity contribution in [1.29, 1.82) is 0 Å². The number of nitrogens with two attached hydrogens (primary N) is 1. The minimum Gasteiger partial charge on any atom is -0.496 e. The Morgan fingerprint density at radius 3 is 2.71 bits per heavy atom. The van der Waals surface area contributed by atoms with E-state index in [-0.39, 0.29) is 23.8 Å². The maximum Gasteiger partial charge on any atom is 0.332 e. The maximum atomic E-state index is 13.7. The third-order valence-corrected chi connectivity index (χ3v) is 6.43. The number of hydrogen-bond donors (Lipinski definition) is 1. The number of piperidine rings is 1.